The minimum atomic E-state index is -0.374. The first-order valence-electron chi connectivity index (χ1n) is 10.2. The van der Waals surface area contributed by atoms with Gasteiger partial charge in [-0.15, -0.1) is 0 Å². The zero-order valence-electron chi connectivity index (χ0n) is 17.1. The molecule has 1 aromatic heterocycles. The van der Waals surface area contributed by atoms with Crippen LogP contribution in [0.5, 0.6) is 11.5 Å². The minimum Gasteiger partial charge on any atom is -0.492 e. The number of pyridine rings is 1. The molecule has 6 heteroatoms. The molecule has 2 heterocycles. The van der Waals surface area contributed by atoms with E-state index in [1.165, 1.54) is 0 Å². The number of ketones is 1. The first-order valence-corrected chi connectivity index (χ1v) is 10.2. The van der Waals surface area contributed by atoms with Gasteiger partial charge in [-0.05, 0) is 42.7 Å². The molecule has 1 saturated heterocycles. The number of aromatic nitrogens is 1. The summed E-state index contributed by atoms with van der Waals surface area (Å²) in [6.45, 7) is 5.34. The van der Waals surface area contributed by atoms with Crippen molar-refractivity contribution in [1.82, 2.24) is 4.98 Å². The molecule has 2 aromatic rings. The summed E-state index contributed by atoms with van der Waals surface area (Å²) in [6, 6.07) is 11.8. The molecule has 1 fully saturated rings. The molecule has 156 valence electrons. The molecule has 29 heavy (non-hydrogen) atoms. The summed E-state index contributed by atoms with van der Waals surface area (Å²) in [5, 5.41) is 0. The van der Waals surface area contributed by atoms with E-state index >= 15 is 0 Å². The van der Waals surface area contributed by atoms with Crippen molar-refractivity contribution in [2.45, 2.75) is 45.1 Å². The molecule has 0 unspecified atom stereocenters. The Balaban J connectivity index is 1.50. The maximum Gasteiger partial charge on any atom is 0.137 e. The number of carbonyl (C=O) groups excluding carboxylic acids is 1. The number of halogens is 1. The smallest absolute Gasteiger partial charge is 0.137 e. The normalized spacial score (nSPS) is 17.2. The first kappa shape index (κ1) is 21.1. The molecule has 1 aliphatic rings. The standard InChI is InChI=1S/C23H29FN2O3/c1-17(14-18(2)27)19-4-6-20(7-5-19)29-22-10-12-26(16-22)23-9-8-21(15-25-23)28-13-3-11-24/h4-9,15,17,22H,3,10-14,16H2,1-2H3/t17-,22-/m1/s1. The largest absolute Gasteiger partial charge is 0.492 e. The Kier molecular flexibility index (Phi) is 7.44. The highest BCUT2D eigenvalue weighted by atomic mass is 19.1. The van der Waals surface area contributed by atoms with Crippen LogP contribution in [0.2, 0.25) is 0 Å². The van der Waals surface area contributed by atoms with Crippen LogP contribution in [0.25, 0.3) is 0 Å². The van der Waals surface area contributed by atoms with Gasteiger partial charge in [0.05, 0.1) is 26.0 Å². The number of benzene rings is 1. The van der Waals surface area contributed by atoms with Gasteiger partial charge < -0.3 is 19.2 Å². The Hall–Kier alpha value is -2.63. The van der Waals surface area contributed by atoms with Gasteiger partial charge >= 0.3 is 0 Å². The first-order chi connectivity index (χ1) is 14.0. The fourth-order valence-electron chi connectivity index (χ4n) is 3.54. The lowest BCUT2D eigenvalue weighted by molar-refractivity contribution is -0.117. The monoisotopic (exact) mass is 400 g/mol. The van der Waals surface area contributed by atoms with Crippen molar-refractivity contribution in [1.29, 1.82) is 0 Å². The summed E-state index contributed by atoms with van der Waals surface area (Å²) in [5.74, 6) is 2.83. The van der Waals surface area contributed by atoms with E-state index in [-0.39, 0.29) is 24.5 Å². The van der Waals surface area contributed by atoms with Crippen LogP contribution in [-0.2, 0) is 4.79 Å². The molecule has 0 aliphatic carbocycles. The second kappa shape index (κ2) is 10.2. The van der Waals surface area contributed by atoms with E-state index in [1.807, 2.05) is 36.4 Å². The molecule has 2 atom stereocenters. The van der Waals surface area contributed by atoms with Gasteiger partial charge in [0.15, 0.2) is 0 Å². The third kappa shape index (κ3) is 6.17. The quantitative estimate of drug-likeness (QED) is 0.547. The van der Waals surface area contributed by atoms with Gasteiger partial charge in [-0.3, -0.25) is 4.39 Å². The molecule has 0 bridgehead atoms. The van der Waals surface area contributed by atoms with E-state index in [0.717, 1.165) is 36.6 Å². The molecular weight excluding hydrogens is 371 g/mol. The molecule has 1 aromatic carbocycles. The maximum atomic E-state index is 12.1. The Morgan fingerprint density at radius 3 is 2.66 bits per heavy atom. The lowest BCUT2D eigenvalue weighted by atomic mass is 9.96. The third-order valence-corrected chi connectivity index (χ3v) is 5.08. The van der Waals surface area contributed by atoms with Crippen LogP contribution in [0, 0.1) is 0 Å². The van der Waals surface area contributed by atoms with Crippen LogP contribution in [0.4, 0.5) is 10.2 Å². The van der Waals surface area contributed by atoms with Crippen LogP contribution in [0.1, 0.15) is 44.6 Å². The molecule has 3 rings (SSSR count). The average Bonchev–Trinajstić information content (AvgIpc) is 3.17. The molecule has 0 amide bonds. The average molecular weight is 400 g/mol. The number of Topliss-reactive ketones (excluding diaryl/α,β-unsaturated/α-hetero) is 1. The number of hydrogen-bond acceptors (Lipinski definition) is 5. The van der Waals surface area contributed by atoms with Crippen LogP contribution in [0.15, 0.2) is 42.6 Å². The second-order valence-electron chi connectivity index (χ2n) is 7.59. The van der Waals surface area contributed by atoms with Crippen molar-refractivity contribution < 1.29 is 18.7 Å². The number of rotatable bonds is 10. The van der Waals surface area contributed by atoms with E-state index in [9.17, 15) is 9.18 Å². The lowest BCUT2D eigenvalue weighted by Crippen LogP contribution is -2.25. The molecule has 0 saturated carbocycles. The third-order valence-electron chi connectivity index (χ3n) is 5.08. The van der Waals surface area contributed by atoms with Crippen LogP contribution < -0.4 is 14.4 Å². The number of carbonyl (C=O) groups is 1. The Morgan fingerprint density at radius 1 is 1.24 bits per heavy atom. The summed E-state index contributed by atoms with van der Waals surface area (Å²) in [6.07, 6.45) is 3.67. The van der Waals surface area contributed by atoms with Gasteiger partial charge in [-0.25, -0.2) is 4.98 Å². The fourth-order valence-corrected chi connectivity index (χ4v) is 3.54. The number of nitrogens with zero attached hydrogens (tertiary/aromatic N) is 2. The van der Waals surface area contributed by atoms with E-state index in [0.29, 0.717) is 25.2 Å². The van der Waals surface area contributed by atoms with Crippen molar-refractivity contribution in [2.24, 2.45) is 0 Å². The highest BCUT2D eigenvalue weighted by Crippen LogP contribution is 2.26. The molecule has 0 spiro atoms. The molecule has 5 nitrogen and oxygen atoms in total. The van der Waals surface area contributed by atoms with E-state index in [1.54, 1.807) is 13.1 Å². The SMILES string of the molecule is CC(=O)C[C@@H](C)c1ccc(O[C@@H]2CCN(c3ccc(OCCCF)cn3)C2)cc1. The van der Waals surface area contributed by atoms with Crippen molar-refractivity contribution >= 4 is 11.6 Å². The van der Waals surface area contributed by atoms with E-state index < -0.39 is 0 Å². The van der Waals surface area contributed by atoms with Gasteiger partial charge in [0.25, 0.3) is 0 Å². The van der Waals surface area contributed by atoms with Gasteiger partial charge in [0, 0.05) is 25.8 Å². The van der Waals surface area contributed by atoms with E-state index in [4.69, 9.17) is 9.47 Å². The van der Waals surface area contributed by atoms with Crippen LogP contribution >= 0.6 is 0 Å². The van der Waals surface area contributed by atoms with Gasteiger partial charge in [-0.1, -0.05) is 19.1 Å². The molecule has 0 radical (unpaired) electrons. The maximum absolute atomic E-state index is 12.1. The van der Waals surface area contributed by atoms with Crippen LogP contribution in [-0.4, -0.2) is 43.2 Å². The molecule has 0 N–H and O–H groups in total. The number of alkyl halides is 1. The lowest BCUT2D eigenvalue weighted by Gasteiger charge is -2.18. The van der Waals surface area contributed by atoms with Crippen LogP contribution in [0.3, 0.4) is 0 Å². The van der Waals surface area contributed by atoms with Crippen molar-refractivity contribution in [3.63, 3.8) is 0 Å². The Bertz CT molecular complexity index is 780. The number of anilines is 1. The minimum absolute atomic E-state index is 0.109. The van der Waals surface area contributed by atoms with E-state index in [2.05, 4.69) is 16.8 Å². The summed E-state index contributed by atoms with van der Waals surface area (Å²) >= 11 is 0. The van der Waals surface area contributed by atoms with Crippen molar-refractivity contribution in [3.8, 4) is 11.5 Å². The summed E-state index contributed by atoms with van der Waals surface area (Å²) < 4.78 is 23.7. The summed E-state index contributed by atoms with van der Waals surface area (Å²) in [5.41, 5.74) is 1.15. The number of ether oxygens (including phenoxy) is 2. The second-order valence-corrected chi connectivity index (χ2v) is 7.59. The highest BCUT2D eigenvalue weighted by Gasteiger charge is 2.25. The van der Waals surface area contributed by atoms with Gasteiger partial charge in [0.2, 0.25) is 0 Å². The molecular formula is C23H29FN2O3. The predicted molar refractivity (Wildman–Crippen MR) is 112 cm³/mol. The topological polar surface area (TPSA) is 51.7 Å². The van der Waals surface area contributed by atoms with Gasteiger partial charge in [0.1, 0.15) is 29.2 Å². The Labute approximate surface area is 171 Å². The van der Waals surface area contributed by atoms with Crippen molar-refractivity contribution in [2.75, 3.05) is 31.3 Å². The predicted octanol–water partition coefficient (Wildman–Crippen LogP) is 4.56. The van der Waals surface area contributed by atoms with Gasteiger partial charge in [-0.2, -0.15) is 0 Å². The fraction of sp³-hybridized carbons (Fsp3) is 0.478. The number of hydrogen-bond donors (Lipinski definition) is 0. The van der Waals surface area contributed by atoms with Crippen molar-refractivity contribution in [3.05, 3.63) is 48.2 Å². The zero-order chi connectivity index (χ0) is 20.6. The molecule has 1 aliphatic heterocycles. The summed E-state index contributed by atoms with van der Waals surface area (Å²) in [4.78, 5) is 17.9. The Morgan fingerprint density at radius 2 is 2.00 bits per heavy atom. The summed E-state index contributed by atoms with van der Waals surface area (Å²) in [7, 11) is 0. The zero-order valence-corrected chi connectivity index (χ0v) is 17.1. The highest BCUT2D eigenvalue weighted by molar-refractivity contribution is 5.76.